The van der Waals surface area contributed by atoms with E-state index in [0.717, 1.165) is 24.7 Å². The molecule has 0 spiro atoms. The summed E-state index contributed by atoms with van der Waals surface area (Å²) in [6, 6.07) is 14.3. The molecule has 2 aromatic carbocycles. The first-order valence-electron chi connectivity index (χ1n) is 13.8. The first-order valence-corrected chi connectivity index (χ1v) is 16.4. The lowest BCUT2D eigenvalue weighted by atomic mass is 9.75. The third kappa shape index (κ3) is 6.95. The van der Waals surface area contributed by atoms with Crippen molar-refractivity contribution in [2.45, 2.75) is 62.8 Å². The van der Waals surface area contributed by atoms with E-state index in [4.69, 9.17) is 28.0 Å². The van der Waals surface area contributed by atoms with E-state index in [1.807, 2.05) is 18.2 Å². The molecule has 1 fully saturated rings. The van der Waals surface area contributed by atoms with Crippen LogP contribution in [-0.4, -0.2) is 48.5 Å². The van der Waals surface area contributed by atoms with Gasteiger partial charge in [-0.15, -0.1) is 0 Å². The van der Waals surface area contributed by atoms with Gasteiger partial charge in [-0.2, -0.15) is 0 Å². The Morgan fingerprint density at radius 3 is 2.60 bits per heavy atom. The van der Waals surface area contributed by atoms with Gasteiger partial charge in [0, 0.05) is 52.4 Å². The Kier molecular flexibility index (Phi) is 9.49. The Balaban J connectivity index is 1.54. The van der Waals surface area contributed by atoms with Crippen LogP contribution >= 0.6 is 23.2 Å². The highest BCUT2D eigenvalue weighted by Gasteiger charge is 2.47. The van der Waals surface area contributed by atoms with E-state index >= 15 is 0 Å². The third-order valence-electron chi connectivity index (χ3n) is 7.79. The van der Waals surface area contributed by atoms with Gasteiger partial charge in [0.25, 0.3) is 5.91 Å². The summed E-state index contributed by atoms with van der Waals surface area (Å²) in [6.45, 7) is 0.138. The molecule has 12 heteroatoms. The van der Waals surface area contributed by atoms with E-state index < -0.39 is 34.1 Å². The van der Waals surface area contributed by atoms with Crippen LogP contribution < -0.4 is 10.2 Å². The van der Waals surface area contributed by atoms with Gasteiger partial charge in [-0.25, -0.2) is 18.6 Å². The van der Waals surface area contributed by atoms with Crippen LogP contribution in [0.2, 0.25) is 10.0 Å². The Hall–Kier alpha value is -3.02. The maximum Gasteiger partial charge on any atom is 0.254 e. The number of carbonyl (C=O) groups excluding carboxylic acids is 2. The molecular weight excluding hydrogens is 599 g/mol. The normalized spacial score (nSPS) is 22.5. The van der Waals surface area contributed by atoms with Crippen LogP contribution in [0.25, 0.3) is 0 Å². The van der Waals surface area contributed by atoms with Crippen molar-refractivity contribution in [3.8, 4) is 0 Å². The van der Waals surface area contributed by atoms with Crippen LogP contribution in [0.4, 0.5) is 0 Å². The fourth-order valence-corrected chi connectivity index (χ4v) is 7.46. The molecule has 0 unspecified atom stereocenters. The molecule has 0 bridgehead atoms. The molecule has 1 aromatic heterocycles. The number of sulfonamides is 1. The number of aromatic nitrogens is 1. The zero-order valence-corrected chi connectivity index (χ0v) is 25.3. The lowest BCUT2D eigenvalue weighted by molar-refractivity contribution is -0.135. The van der Waals surface area contributed by atoms with Crippen molar-refractivity contribution < 1.29 is 22.8 Å². The van der Waals surface area contributed by atoms with Crippen molar-refractivity contribution in [1.29, 1.82) is 0 Å². The number of halogens is 2. The quantitative estimate of drug-likeness (QED) is 0.315. The molecule has 0 radical (unpaired) electrons. The number of rotatable bonds is 9. The lowest BCUT2D eigenvalue weighted by Gasteiger charge is -2.49. The van der Waals surface area contributed by atoms with Crippen LogP contribution in [0.3, 0.4) is 0 Å². The monoisotopic (exact) mass is 630 g/mol. The van der Waals surface area contributed by atoms with Gasteiger partial charge in [0.2, 0.25) is 15.9 Å². The van der Waals surface area contributed by atoms with Gasteiger partial charge in [0.1, 0.15) is 6.61 Å². The zero-order chi connectivity index (χ0) is 29.9. The van der Waals surface area contributed by atoms with Crippen molar-refractivity contribution in [1.82, 2.24) is 20.1 Å². The number of hydrogen-bond donors (Lipinski definition) is 2. The Morgan fingerprint density at radius 2 is 1.86 bits per heavy atom. The van der Waals surface area contributed by atoms with Crippen molar-refractivity contribution in [3.05, 3.63) is 99.3 Å². The first kappa shape index (κ1) is 30.4. The van der Waals surface area contributed by atoms with Gasteiger partial charge < -0.3 is 4.90 Å². The molecular formula is C30H32Cl2N4O5S. The Bertz CT molecular complexity index is 1560. The summed E-state index contributed by atoms with van der Waals surface area (Å²) in [5.74, 6) is -1.13. The summed E-state index contributed by atoms with van der Waals surface area (Å²) in [4.78, 5) is 38.9. The second-order valence-corrected chi connectivity index (χ2v) is 13.4. The number of fused-ring (bicyclic) bond motifs is 1. The molecule has 1 aliphatic carbocycles. The molecule has 222 valence electrons. The average molecular weight is 632 g/mol. The Morgan fingerprint density at radius 1 is 1.07 bits per heavy atom. The standard InChI is InChI=1S/C30H32Cl2N4O5S/c1-42(39,40)35-26-10-4-5-11-27(26)36-29(23-13-12-20(31)15-25(23)32)24(21-8-2-3-9-22(21)30(36)38)16-28(37)34-41-18-19-7-6-14-33-17-19/h2-3,6-9,12-15,17,24,26-27,29,35H,4-5,10-11,16,18H2,1H3,(H,34,37)/t24-,26+,27+,29+/m1/s1. The van der Waals surface area contributed by atoms with Gasteiger partial charge in [-0.3, -0.25) is 19.4 Å². The van der Waals surface area contributed by atoms with Crippen LogP contribution in [0.1, 0.15) is 71.1 Å². The van der Waals surface area contributed by atoms with E-state index in [1.165, 1.54) is 0 Å². The highest BCUT2D eigenvalue weighted by Crippen LogP contribution is 2.49. The number of benzene rings is 2. The summed E-state index contributed by atoms with van der Waals surface area (Å²) in [7, 11) is -3.55. The predicted octanol–water partition coefficient (Wildman–Crippen LogP) is 5.17. The summed E-state index contributed by atoms with van der Waals surface area (Å²) < 4.78 is 27.4. The number of pyridine rings is 1. The van der Waals surface area contributed by atoms with E-state index in [-0.39, 0.29) is 24.8 Å². The highest BCUT2D eigenvalue weighted by atomic mass is 35.5. The largest absolute Gasteiger partial charge is 0.326 e. The fourth-order valence-electron chi connectivity index (χ4n) is 6.11. The molecule has 5 rings (SSSR count). The van der Waals surface area contributed by atoms with Crippen molar-refractivity contribution in [2.75, 3.05) is 6.26 Å². The number of nitrogens with zero attached hydrogens (tertiary/aromatic N) is 2. The predicted molar refractivity (Wildman–Crippen MR) is 160 cm³/mol. The third-order valence-corrected chi connectivity index (χ3v) is 9.09. The molecule has 3 aromatic rings. The van der Waals surface area contributed by atoms with Crippen molar-refractivity contribution in [2.24, 2.45) is 0 Å². The number of carbonyl (C=O) groups is 2. The van der Waals surface area contributed by atoms with Crippen LogP contribution in [-0.2, 0) is 26.3 Å². The summed E-state index contributed by atoms with van der Waals surface area (Å²) >= 11 is 13.0. The molecule has 2 aliphatic rings. The minimum atomic E-state index is -3.55. The number of hydroxylamine groups is 1. The molecule has 2 amide bonds. The molecule has 0 saturated heterocycles. The van der Waals surface area contributed by atoms with E-state index in [1.54, 1.807) is 53.7 Å². The fraction of sp³-hybridized carbons (Fsp3) is 0.367. The molecule has 42 heavy (non-hydrogen) atoms. The average Bonchev–Trinajstić information content (AvgIpc) is 2.95. The van der Waals surface area contributed by atoms with Gasteiger partial charge in [0.05, 0.1) is 12.3 Å². The minimum absolute atomic E-state index is 0.0195. The first-order chi connectivity index (χ1) is 20.1. The molecule has 1 aliphatic heterocycles. The molecule has 2 N–H and O–H groups in total. The highest BCUT2D eigenvalue weighted by molar-refractivity contribution is 7.88. The van der Waals surface area contributed by atoms with Crippen LogP contribution in [0, 0.1) is 0 Å². The van der Waals surface area contributed by atoms with Gasteiger partial charge in [-0.05, 0) is 53.8 Å². The molecule has 1 saturated carbocycles. The lowest BCUT2D eigenvalue weighted by Crippen LogP contribution is -2.58. The van der Waals surface area contributed by atoms with E-state index in [9.17, 15) is 18.0 Å². The van der Waals surface area contributed by atoms with Gasteiger partial charge in [-0.1, -0.05) is 66.4 Å². The smallest absolute Gasteiger partial charge is 0.254 e. The van der Waals surface area contributed by atoms with Crippen LogP contribution in [0.15, 0.2) is 67.0 Å². The summed E-state index contributed by atoms with van der Waals surface area (Å²) in [5.41, 5.74) is 5.14. The second kappa shape index (κ2) is 13.1. The van der Waals surface area contributed by atoms with Gasteiger partial charge >= 0.3 is 0 Å². The van der Waals surface area contributed by atoms with Crippen molar-refractivity contribution >= 4 is 45.0 Å². The molecule has 9 nitrogen and oxygen atoms in total. The maximum atomic E-state index is 14.3. The van der Waals surface area contributed by atoms with E-state index in [2.05, 4.69) is 15.2 Å². The van der Waals surface area contributed by atoms with E-state index in [0.29, 0.717) is 39.6 Å². The van der Waals surface area contributed by atoms with Crippen LogP contribution in [0.5, 0.6) is 0 Å². The SMILES string of the molecule is CS(=O)(=O)N[C@H]1CCCC[C@@H]1N1C(=O)c2ccccc2[C@@H](CC(=O)NOCc2cccnc2)[C@@H]1c1ccc(Cl)cc1Cl. The second-order valence-electron chi connectivity index (χ2n) is 10.7. The number of hydrogen-bond acceptors (Lipinski definition) is 6. The Labute approximate surface area is 255 Å². The zero-order valence-electron chi connectivity index (χ0n) is 23.0. The van der Waals surface area contributed by atoms with Gasteiger partial charge in [0.15, 0.2) is 0 Å². The topological polar surface area (TPSA) is 118 Å². The minimum Gasteiger partial charge on any atom is -0.326 e. The summed E-state index contributed by atoms with van der Waals surface area (Å²) in [6.07, 6.45) is 7.23. The number of amides is 2. The summed E-state index contributed by atoms with van der Waals surface area (Å²) in [5, 5.41) is 0.788. The maximum absolute atomic E-state index is 14.3. The number of nitrogens with one attached hydrogen (secondary N) is 2. The molecule has 2 heterocycles. The molecule has 4 atom stereocenters. The van der Waals surface area contributed by atoms with Crippen molar-refractivity contribution in [3.63, 3.8) is 0 Å².